The Morgan fingerprint density at radius 3 is 2.28 bits per heavy atom. The SMILES string of the molecule is O=c1c(NCCCCc2ccccc2)c(-c2ccccc2)sn1CCc1cccc(F)c1. The van der Waals surface area contributed by atoms with E-state index in [0.717, 1.165) is 41.8 Å². The number of halogens is 1. The third-order valence-corrected chi connectivity index (χ3v) is 6.63. The van der Waals surface area contributed by atoms with Crippen molar-refractivity contribution in [2.45, 2.75) is 32.2 Å². The molecule has 0 bridgehead atoms. The lowest BCUT2D eigenvalue weighted by Gasteiger charge is -2.06. The van der Waals surface area contributed by atoms with Crippen molar-refractivity contribution in [3.8, 4) is 10.4 Å². The zero-order valence-electron chi connectivity index (χ0n) is 18.0. The van der Waals surface area contributed by atoms with Gasteiger partial charge in [0.1, 0.15) is 11.5 Å². The summed E-state index contributed by atoms with van der Waals surface area (Å²) in [6, 6.07) is 27.0. The van der Waals surface area contributed by atoms with Gasteiger partial charge in [-0.2, -0.15) is 0 Å². The minimum Gasteiger partial charge on any atom is -0.379 e. The molecule has 0 fully saturated rings. The topological polar surface area (TPSA) is 34.0 Å². The molecule has 1 N–H and O–H groups in total. The quantitative estimate of drug-likeness (QED) is 0.286. The number of unbranched alkanes of at least 4 members (excludes halogenated alkanes) is 1. The fraction of sp³-hybridized carbons (Fsp3) is 0.222. The molecular formula is C27H27FN2OS. The van der Waals surface area contributed by atoms with Gasteiger partial charge in [0.05, 0.1) is 4.88 Å². The molecule has 3 aromatic carbocycles. The minimum absolute atomic E-state index is 0.00619. The number of benzene rings is 3. The van der Waals surface area contributed by atoms with Crippen molar-refractivity contribution in [1.29, 1.82) is 0 Å². The molecule has 0 aliphatic heterocycles. The van der Waals surface area contributed by atoms with E-state index < -0.39 is 0 Å². The number of nitrogens with zero attached hydrogens (tertiary/aromatic N) is 1. The lowest BCUT2D eigenvalue weighted by molar-refractivity contribution is 0.623. The highest BCUT2D eigenvalue weighted by Gasteiger charge is 2.16. The molecule has 4 rings (SSSR count). The molecule has 1 heterocycles. The summed E-state index contributed by atoms with van der Waals surface area (Å²) in [5.41, 5.74) is 3.93. The Labute approximate surface area is 192 Å². The Morgan fingerprint density at radius 2 is 1.53 bits per heavy atom. The average molecular weight is 447 g/mol. The first-order valence-electron chi connectivity index (χ1n) is 11.0. The van der Waals surface area contributed by atoms with Crippen LogP contribution in [0.4, 0.5) is 10.1 Å². The van der Waals surface area contributed by atoms with Gasteiger partial charge in [0.15, 0.2) is 0 Å². The van der Waals surface area contributed by atoms with Gasteiger partial charge in [-0.25, -0.2) is 4.39 Å². The maximum atomic E-state index is 13.5. The molecule has 0 saturated heterocycles. The van der Waals surface area contributed by atoms with E-state index >= 15 is 0 Å². The first-order valence-corrected chi connectivity index (χ1v) is 11.8. The second kappa shape index (κ2) is 10.9. The summed E-state index contributed by atoms with van der Waals surface area (Å²) in [5.74, 6) is -0.246. The highest BCUT2D eigenvalue weighted by atomic mass is 32.1. The molecule has 0 spiro atoms. The van der Waals surface area contributed by atoms with Crippen LogP contribution in [-0.4, -0.2) is 10.5 Å². The maximum Gasteiger partial charge on any atom is 0.284 e. The Hall–Kier alpha value is -3.18. The van der Waals surface area contributed by atoms with E-state index in [4.69, 9.17) is 0 Å². The summed E-state index contributed by atoms with van der Waals surface area (Å²) in [4.78, 5) is 14.1. The zero-order valence-corrected chi connectivity index (χ0v) is 18.8. The number of aromatic nitrogens is 1. The van der Waals surface area contributed by atoms with Crippen LogP contribution in [0, 0.1) is 5.82 Å². The van der Waals surface area contributed by atoms with Gasteiger partial charge in [0.25, 0.3) is 5.56 Å². The molecule has 0 aliphatic rings. The Balaban J connectivity index is 1.45. The van der Waals surface area contributed by atoms with Gasteiger partial charge < -0.3 is 5.32 Å². The molecule has 5 heteroatoms. The summed E-state index contributed by atoms with van der Waals surface area (Å²) in [5, 5.41) is 3.41. The van der Waals surface area contributed by atoms with Crippen molar-refractivity contribution in [2.75, 3.05) is 11.9 Å². The van der Waals surface area contributed by atoms with E-state index in [2.05, 4.69) is 29.6 Å². The van der Waals surface area contributed by atoms with E-state index in [-0.39, 0.29) is 11.4 Å². The maximum absolute atomic E-state index is 13.5. The van der Waals surface area contributed by atoms with Gasteiger partial charge in [0, 0.05) is 13.1 Å². The Kier molecular flexibility index (Phi) is 7.51. The van der Waals surface area contributed by atoms with Crippen LogP contribution >= 0.6 is 11.5 Å². The van der Waals surface area contributed by atoms with Gasteiger partial charge >= 0.3 is 0 Å². The summed E-state index contributed by atoms with van der Waals surface area (Å²) in [6.07, 6.45) is 3.70. The first kappa shape index (κ1) is 22.0. The van der Waals surface area contributed by atoms with E-state index in [1.165, 1.54) is 29.2 Å². The monoisotopic (exact) mass is 446 g/mol. The highest BCUT2D eigenvalue weighted by molar-refractivity contribution is 7.10. The average Bonchev–Trinajstić information content (AvgIpc) is 3.14. The van der Waals surface area contributed by atoms with Crippen molar-refractivity contribution in [1.82, 2.24) is 3.96 Å². The number of hydrogen-bond donors (Lipinski definition) is 1. The Morgan fingerprint density at radius 1 is 0.812 bits per heavy atom. The molecule has 4 aromatic rings. The van der Waals surface area contributed by atoms with Gasteiger partial charge in [-0.05, 0) is 54.5 Å². The minimum atomic E-state index is -0.246. The molecule has 32 heavy (non-hydrogen) atoms. The van der Waals surface area contributed by atoms with Crippen molar-refractivity contribution < 1.29 is 4.39 Å². The number of hydrogen-bond acceptors (Lipinski definition) is 3. The van der Waals surface area contributed by atoms with E-state index in [1.807, 2.05) is 42.5 Å². The van der Waals surface area contributed by atoms with E-state index in [1.54, 1.807) is 10.0 Å². The van der Waals surface area contributed by atoms with Crippen LogP contribution in [0.1, 0.15) is 24.0 Å². The highest BCUT2D eigenvalue weighted by Crippen LogP contribution is 2.30. The molecule has 1 aromatic heterocycles. The molecule has 0 atom stereocenters. The molecule has 164 valence electrons. The fourth-order valence-corrected chi connectivity index (χ4v) is 4.81. The lowest BCUT2D eigenvalue weighted by atomic mass is 10.1. The van der Waals surface area contributed by atoms with Crippen molar-refractivity contribution in [2.24, 2.45) is 0 Å². The second-order valence-electron chi connectivity index (χ2n) is 7.82. The van der Waals surface area contributed by atoms with Gasteiger partial charge in [-0.15, -0.1) is 0 Å². The summed E-state index contributed by atoms with van der Waals surface area (Å²) in [7, 11) is 0. The van der Waals surface area contributed by atoms with Gasteiger partial charge in [0.2, 0.25) is 0 Å². The smallest absolute Gasteiger partial charge is 0.284 e. The summed E-state index contributed by atoms with van der Waals surface area (Å²) < 4.78 is 15.3. The molecular weight excluding hydrogens is 419 g/mol. The van der Waals surface area contributed by atoms with Crippen molar-refractivity contribution >= 4 is 17.2 Å². The van der Waals surface area contributed by atoms with E-state index in [9.17, 15) is 9.18 Å². The second-order valence-corrected chi connectivity index (χ2v) is 8.85. The van der Waals surface area contributed by atoms with E-state index in [0.29, 0.717) is 18.7 Å². The molecule has 0 unspecified atom stereocenters. The summed E-state index contributed by atoms with van der Waals surface area (Å²) >= 11 is 1.47. The third kappa shape index (κ3) is 5.74. The van der Waals surface area contributed by atoms with Crippen LogP contribution in [0.25, 0.3) is 10.4 Å². The van der Waals surface area contributed by atoms with Crippen LogP contribution in [0.3, 0.4) is 0 Å². The first-order chi connectivity index (χ1) is 15.7. The van der Waals surface area contributed by atoms with Crippen LogP contribution in [-0.2, 0) is 19.4 Å². The van der Waals surface area contributed by atoms with Crippen LogP contribution in [0.15, 0.2) is 89.7 Å². The van der Waals surface area contributed by atoms with Gasteiger partial charge in [-0.1, -0.05) is 84.3 Å². The number of nitrogens with one attached hydrogen (secondary N) is 1. The van der Waals surface area contributed by atoms with Crippen LogP contribution in [0.5, 0.6) is 0 Å². The standard InChI is InChI=1S/C27H27FN2OS/c28-24-16-9-13-22(20-24)17-19-30-27(31)25(26(32-30)23-14-5-2-6-15-23)29-18-8-7-12-21-10-3-1-4-11-21/h1-6,9-11,13-16,20,29H,7-8,12,17-19H2. The van der Waals surface area contributed by atoms with Crippen molar-refractivity contribution in [3.63, 3.8) is 0 Å². The largest absolute Gasteiger partial charge is 0.379 e. The van der Waals surface area contributed by atoms with Gasteiger partial charge in [-0.3, -0.25) is 8.75 Å². The molecule has 3 nitrogen and oxygen atoms in total. The zero-order chi connectivity index (χ0) is 22.2. The predicted molar refractivity (Wildman–Crippen MR) is 132 cm³/mol. The fourth-order valence-electron chi connectivity index (χ4n) is 3.74. The number of rotatable bonds is 10. The molecule has 0 saturated carbocycles. The predicted octanol–water partition coefficient (Wildman–Crippen LogP) is 6.39. The van der Waals surface area contributed by atoms with Crippen LogP contribution in [0.2, 0.25) is 0 Å². The summed E-state index contributed by atoms with van der Waals surface area (Å²) in [6.45, 7) is 1.28. The number of anilines is 1. The molecule has 0 aliphatic carbocycles. The lowest BCUT2D eigenvalue weighted by Crippen LogP contribution is -2.19. The molecule has 0 amide bonds. The third-order valence-electron chi connectivity index (χ3n) is 5.43. The number of aryl methyl sites for hydroxylation is 3. The van der Waals surface area contributed by atoms with Crippen LogP contribution < -0.4 is 10.9 Å². The normalized spacial score (nSPS) is 10.9. The van der Waals surface area contributed by atoms with Crippen molar-refractivity contribution in [3.05, 3.63) is 112 Å². The Bertz CT molecular complexity index is 1190. The molecule has 0 radical (unpaired) electrons.